The third-order valence-electron chi connectivity index (χ3n) is 3.00. The fourth-order valence-electron chi connectivity index (χ4n) is 2.00. The van der Waals surface area contributed by atoms with Gasteiger partial charge in [0.25, 0.3) is 0 Å². The van der Waals surface area contributed by atoms with E-state index in [0.717, 1.165) is 22.3 Å². The van der Waals surface area contributed by atoms with Gasteiger partial charge in [0.05, 0.1) is 11.8 Å². The molecule has 0 saturated carbocycles. The lowest BCUT2D eigenvalue weighted by molar-refractivity contribution is 0.0696. The van der Waals surface area contributed by atoms with E-state index >= 15 is 0 Å². The first-order valence-electron chi connectivity index (χ1n) is 6.15. The van der Waals surface area contributed by atoms with E-state index in [9.17, 15) is 4.79 Å². The molecule has 0 aliphatic rings. The topological polar surface area (TPSA) is 59.7 Å². The largest absolute Gasteiger partial charge is 0.489 e. The van der Waals surface area contributed by atoms with Crippen molar-refractivity contribution in [1.29, 1.82) is 0 Å². The number of carboxylic acids is 1. The van der Waals surface area contributed by atoms with Gasteiger partial charge in [-0.05, 0) is 42.0 Å². The Morgan fingerprint density at radius 3 is 2.90 bits per heavy atom. The summed E-state index contributed by atoms with van der Waals surface area (Å²) in [6, 6.07) is 14.1. The zero-order valence-corrected chi connectivity index (χ0v) is 10.6. The summed E-state index contributed by atoms with van der Waals surface area (Å²) < 4.78 is 10.9. The monoisotopic (exact) mass is 268 g/mol. The number of carboxylic acid groups (broad SMARTS) is 1. The number of hydrogen-bond acceptors (Lipinski definition) is 3. The SMILES string of the molecule is O=C(O)c1cccc(COc2ccc3occc3c2)c1. The van der Waals surface area contributed by atoms with Gasteiger partial charge in [-0.3, -0.25) is 0 Å². The number of hydrogen-bond donors (Lipinski definition) is 1. The summed E-state index contributed by atoms with van der Waals surface area (Å²) in [5.41, 5.74) is 1.89. The molecule has 0 saturated heterocycles. The number of rotatable bonds is 4. The van der Waals surface area contributed by atoms with Crippen LogP contribution in [0.5, 0.6) is 5.75 Å². The molecule has 0 amide bonds. The lowest BCUT2D eigenvalue weighted by Crippen LogP contribution is -2.00. The van der Waals surface area contributed by atoms with E-state index in [-0.39, 0.29) is 5.56 Å². The maximum atomic E-state index is 10.9. The van der Waals surface area contributed by atoms with Crippen LogP contribution in [0.3, 0.4) is 0 Å². The third-order valence-corrected chi connectivity index (χ3v) is 3.00. The van der Waals surface area contributed by atoms with Gasteiger partial charge < -0.3 is 14.3 Å². The zero-order valence-electron chi connectivity index (χ0n) is 10.6. The summed E-state index contributed by atoms with van der Waals surface area (Å²) in [6.45, 7) is 0.324. The molecule has 100 valence electrons. The fourth-order valence-corrected chi connectivity index (χ4v) is 2.00. The second kappa shape index (κ2) is 5.09. The van der Waals surface area contributed by atoms with Crippen LogP contribution in [0.25, 0.3) is 11.0 Å². The van der Waals surface area contributed by atoms with E-state index in [1.165, 1.54) is 0 Å². The Morgan fingerprint density at radius 2 is 2.05 bits per heavy atom. The Bertz CT molecular complexity index is 758. The molecule has 1 aromatic heterocycles. The van der Waals surface area contributed by atoms with Crippen LogP contribution in [0.1, 0.15) is 15.9 Å². The lowest BCUT2D eigenvalue weighted by atomic mass is 10.1. The molecule has 0 atom stereocenters. The Morgan fingerprint density at radius 1 is 1.15 bits per heavy atom. The molecule has 0 bridgehead atoms. The van der Waals surface area contributed by atoms with E-state index in [4.69, 9.17) is 14.3 Å². The number of fused-ring (bicyclic) bond motifs is 1. The van der Waals surface area contributed by atoms with Crippen molar-refractivity contribution in [2.75, 3.05) is 0 Å². The number of furan rings is 1. The standard InChI is InChI=1S/C16H12O4/c17-16(18)13-3-1-2-11(8-13)10-20-14-4-5-15-12(9-14)6-7-19-15/h1-9H,10H2,(H,17,18). The highest BCUT2D eigenvalue weighted by atomic mass is 16.5. The maximum absolute atomic E-state index is 10.9. The molecule has 0 unspecified atom stereocenters. The normalized spacial score (nSPS) is 10.6. The third kappa shape index (κ3) is 2.49. The van der Waals surface area contributed by atoms with Gasteiger partial charge in [0.15, 0.2) is 0 Å². The Balaban J connectivity index is 1.75. The van der Waals surface area contributed by atoms with Crippen molar-refractivity contribution in [2.45, 2.75) is 6.61 Å². The predicted octanol–water partition coefficient (Wildman–Crippen LogP) is 3.71. The summed E-state index contributed by atoms with van der Waals surface area (Å²) in [5, 5.41) is 9.91. The van der Waals surface area contributed by atoms with Crippen LogP contribution >= 0.6 is 0 Å². The first kappa shape index (κ1) is 12.3. The van der Waals surface area contributed by atoms with Crippen LogP contribution in [0.15, 0.2) is 59.2 Å². The smallest absolute Gasteiger partial charge is 0.335 e. The fraction of sp³-hybridized carbons (Fsp3) is 0.0625. The highest BCUT2D eigenvalue weighted by Crippen LogP contribution is 2.22. The molecule has 3 aromatic rings. The highest BCUT2D eigenvalue weighted by Gasteiger charge is 2.04. The summed E-state index contributed by atoms with van der Waals surface area (Å²) in [4.78, 5) is 10.9. The second-order valence-corrected chi connectivity index (χ2v) is 4.41. The van der Waals surface area contributed by atoms with Crippen molar-refractivity contribution >= 4 is 16.9 Å². The van der Waals surface area contributed by atoms with Gasteiger partial charge in [0, 0.05) is 5.39 Å². The van der Waals surface area contributed by atoms with Crippen molar-refractivity contribution in [3.63, 3.8) is 0 Å². The minimum atomic E-state index is -0.938. The van der Waals surface area contributed by atoms with Gasteiger partial charge in [-0.2, -0.15) is 0 Å². The number of ether oxygens (including phenoxy) is 1. The summed E-state index contributed by atoms with van der Waals surface area (Å²) in [5.74, 6) is -0.216. The molecule has 0 radical (unpaired) electrons. The maximum Gasteiger partial charge on any atom is 0.335 e. The highest BCUT2D eigenvalue weighted by molar-refractivity contribution is 5.87. The minimum absolute atomic E-state index is 0.261. The van der Waals surface area contributed by atoms with Crippen LogP contribution in [-0.2, 0) is 6.61 Å². The molecule has 0 spiro atoms. The van der Waals surface area contributed by atoms with Crippen LogP contribution in [0.2, 0.25) is 0 Å². The van der Waals surface area contributed by atoms with Crippen molar-refractivity contribution < 1.29 is 19.1 Å². The summed E-state index contributed by atoms with van der Waals surface area (Å²) in [6.07, 6.45) is 1.63. The predicted molar refractivity (Wildman–Crippen MR) is 73.9 cm³/mol. The minimum Gasteiger partial charge on any atom is -0.489 e. The molecule has 1 N–H and O–H groups in total. The first-order chi connectivity index (χ1) is 9.72. The first-order valence-corrected chi connectivity index (χ1v) is 6.15. The molecule has 3 rings (SSSR count). The van der Waals surface area contributed by atoms with Gasteiger partial charge in [-0.1, -0.05) is 12.1 Å². The Hall–Kier alpha value is -2.75. The molecule has 0 fully saturated rings. The van der Waals surface area contributed by atoms with Crippen LogP contribution in [-0.4, -0.2) is 11.1 Å². The van der Waals surface area contributed by atoms with Gasteiger partial charge in [-0.25, -0.2) is 4.79 Å². The van der Waals surface area contributed by atoms with Crippen molar-refractivity contribution in [3.8, 4) is 5.75 Å². The van der Waals surface area contributed by atoms with Gasteiger partial charge in [-0.15, -0.1) is 0 Å². The zero-order chi connectivity index (χ0) is 13.9. The lowest BCUT2D eigenvalue weighted by Gasteiger charge is -2.07. The van der Waals surface area contributed by atoms with E-state index in [2.05, 4.69) is 0 Å². The van der Waals surface area contributed by atoms with Gasteiger partial charge >= 0.3 is 5.97 Å². The van der Waals surface area contributed by atoms with E-state index < -0.39 is 5.97 Å². The molecular formula is C16H12O4. The van der Waals surface area contributed by atoms with Crippen molar-refractivity contribution in [2.24, 2.45) is 0 Å². The van der Waals surface area contributed by atoms with Crippen molar-refractivity contribution in [3.05, 3.63) is 65.9 Å². The molecular weight excluding hydrogens is 256 g/mol. The van der Waals surface area contributed by atoms with Crippen LogP contribution < -0.4 is 4.74 Å². The summed E-state index contributed by atoms with van der Waals surface area (Å²) in [7, 11) is 0. The quantitative estimate of drug-likeness (QED) is 0.783. The van der Waals surface area contributed by atoms with E-state index in [1.54, 1.807) is 24.5 Å². The molecule has 2 aromatic carbocycles. The average Bonchev–Trinajstić information content (AvgIpc) is 2.93. The van der Waals surface area contributed by atoms with Crippen LogP contribution in [0.4, 0.5) is 0 Å². The Labute approximate surface area is 115 Å². The van der Waals surface area contributed by atoms with Crippen molar-refractivity contribution in [1.82, 2.24) is 0 Å². The molecule has 0 aliphatic carbocycles. The summed E-state index contributed by atoms with van der Waals surface area (Å²) >= 11 is 0. The van der Waals surface area contributed by atoms with E-state index in [0.29, 0.717) is 6.61 Å². The molecule has 4 heteroatoms. The number of benzene rings is 2. The Kier molecular flexibility index (Phi) is 3.13. The number of aromatic carboxylic acids is 1. The van der Waals surface area contributed by atoms with Gasteiger partial charge in [0.2, 0.25) is 0 Å². The molecule has 1 heterocycles. The second-order valence-electron chi connectivity index (χ2n) is 4.41. The molecule has 20 heavy (non-hydrogen) atoms. The number of carbonyl (C=O) groups is 1. The van der Waals surface area contributed by atoms with Gasteiger partial charge in [0.1, 0.15) is 17.9 Å². The van der Waals surface area contributed by atoms with Crippen LogP contribution in [0, 0.1) is 0 Å². The molecule has 0 aliphatic heterocycles. The van der Waals surface area contributed by atoms with E-state index in [1.807, 2.05) is 30.3 Å². The average molecular weight is 268 g/mol. The molecule has 4 nitrogen and oxygen atoms in total.